The third-order valence-electron chi connectivity index (χ3n) is 3.24. The number of rotatable bonds is 2. The molecule has 108 valence electrons. The second-order valence-corrected chi connectivity index (χ2v) is 4.66. The number of aryl methyl sites for hydroxylation is 2. The molecule has 0 aliphatic rings. The predicted octanol–water partition coefficient (Wildman–Crippen LogP) is 4.44. The van der Waals surface area contributed by atoms with Crippen LogP contribution in [-0.2, 0) is 0 Å². The van der Waals surface area contributed by atoms with E-state index in [2.05, 4.69) is 9.97 Å². The van der Waals surface area contributed by atoms with Crippen molar-refractivity contribution >= 4 is 16.7 Å². The second-order valence-electron chi connectivity index (χ2n) is 4.66. The molecule has 0 saturated carbocycles. The summed E-state index contributed by atoms with van der Waals surface area (Å²) in [4.78, 5) is 20.2. The highest BCUT2D eigenvalue weighted by atomic mass is 16.1. The Hall–Kier alpha value is -2.42. The van der Waals surface area contributed by atoms with Gasteiger partial charge in [0.2, 0.25) is 5.78 Å². The highest BCUT2D eigenvalue weighted by Gasteiger charge is 2.18. The molecule has 3 nitrogen and oxygen atoms in total. The van der Waals surface area contributed by atoms with Crippen LogP contribution in [0, 0.1) is 13.8 Å². The van der Waals surface area contributed by atoms with Crippen molar-refractivity contribution in [2.45, 2.75) is 27.7 Å². The van der Waals surface area contributed by atoms with E-state index in [1.807, 2.05) is 64.1 Å². The van der Waals surface area contributed by atoms with Gasteiger partial charge in [-0.15, -0.1) is 0 Å². The number of hydrogen-bond acceptors (Lipinski definition) is 2. The van der Waals surface area contributed by atoms with Crippen LogP contribution in [0.5, 0.6) is 0 Å². The third kappa shape index (κ3) is 2.87. The number of H-pyrrole nitrogens is 1. The SMILES string of the molecule is CC.Cc1cccc(C(=O)c2c(C)[nH]c3ccccc23)n1. The molecule has 3 rings (SSSR count). The second kappa shape index (κ2) is 6.35. The van der Waals surface area contributed by atoms with Gasteiger partial charge in [0, 0.05) is 22.3 Å². The van der Waals surface area contributed by atoms with Crippen LogP contribution in [0.1, 0.15) is 41.3 Å². The summed E-state index contributed by atoms with van der Waals surface area (Å²) in [5.41, 5.74) is 3.93. The largest absolute Gasteiger partial charge is 0.358 e. The monoisotopic (exact) mass is 280 g/mol. The van der Waals surface area contributed by atoms with Crippen molar-refractivity contribution in [3.05, 3.63) is 65.1 Å². The number of hydrogen-bond donors (Lipinski definition) is 1. The Morgan fingerprint density at radius 3 is 2.43 bits per heavy atom. The first kappa shape index (κ1) is 15.0. The summed E-state index contributed by atoms with van der Waals surface area (Å²) in [5.74, 6) is -0.0290. The van der Waals surface area contributed by atoms with Crippen molar-refractivity contribution in [3.8, 4) is 0 Å². The smallest absolute Gasteiger partial charge is 0.213 e. The Balaban J connectivity index is 0.000000774. The number of carbonyl (C=O) groups is 1. The van der Waals surface area contributed by atoms with Gasteiger partial charge in [0.15, 0.2) is 0 Å². The molecule has 0 unspecified atom stereocenters. The lowest BCUT2D eigenvalue weighted by Crippen LogP contribution is -2.05. The first-order chi connectivity index (χ1) is 10.2. The van der Waals surface area contributed by atoms with Gasteiger partial charge in [0.05, 0.1) is 5.56 Å². The maximum atomic E-state index is 12.6. The molecule has 1 N–H and O–H groups in total. The molecular weight excluding hydrogens is 260 g/mol. The Labute approximate surface area is 125 Å². The molecule has 2 heterocycles. The lowest BCUT2D eigenvalue weighted by Gasteiger charge is -2.01. The van der Waals surface area contributed by atoms with Crippen LogP contribution in [0.4, 0.5) is 0 Å². The van der Waals surface area contributed by atoms with Crippen LogP contribution in [0.25, 0.3) is 10.9 Å². The van der Waals surface area contributed by atoms with Crippen molar-refractivity contribution in [2.75, 3.05) is 0 Å². The standard InChI is InChI=1S/C16H14N2O.C2H6/c1-10-6-5-9-14(17-10)16(19)15-11(2)18-13-8-4-3-7-12(13)15;1-2/h3-9,18H,1-2H3;1-2H3. The minimum atomic E-state index is -0.0290. The van der Waals surface area contributed by atoms with Gasteiger partial charge in [0.1, 0.15) is 5.69 Å². The number of aromatic amines is 1. The van der Waals surface area contributed by atoms with Crippen LogP contribution in [0.15, 0.2) is 42.5 Å². The highest BCUT2D eigenvalue weighted by molar-refractivity contribution is 6.16. The summed E-state index contributed by atoms with van der Waals surface area (Å²) in [6.45, 7) is 7.81. The molecule has 0 amide bonds. The first-order valence-corrected chi connectivity index (χ1v) is 7.22. The Bertz CT molecular complexity index is 772. The first-order valence-electron chi connectivity index (χ1n) is 7.22. The van der Waals surface area contributed by atoms with Gasteiger partial charge in [-0.2, -0.15) is 0 Å². The minimum Gasteiger partial charge on any atom is -0.358 e. The molecule has 3 aromatic rings. The van der Waals surface area contributed by atoms with Crippen LogP contribution in [-0.4, -0.2) is 15.8 Å². The summed E-state index contributed by atoms with van der Waals surface area (Å²) < 4.78 is 0. The molecule has 0 aliphatic carbocycles. The zero-order valence-corrected chi connectivity index (χ0v) is 12.9. The molecule has 0 saturated heterocycles. The molecule has 0 aliphatic heterocycles. The molecule has 0 fully saturated rings. The molecular formula is C18H20N2O. The Morgan fingerprint density at radius 2 is 1.71 bits per heavy atom. The van der Waals surface area contributed by atoms with Gasteiger partial charge in [-0.05, 0) is 32.0 Å². The van der Waals surface area contributed by atoms with Crippen molar-refractivity contribution in [2.24, 2.45) is 0 Å². The summed E-state index contributed by atoms with van der Waals surface area (Å²) >= 11 is 0. The Morgan fingerprint density at radius 1 is 1.00 bits per heavy atom. The van der Waals surface area contributed by atoms with Gasteiger partial charge < -0.3 is 4.98 Å². The number of carbonyl (C=O) groups excluding carboxylic acids is 1. The molecule has 2 aromatic heterocycles. The van der Waals surface area contributed by atoms with E-state index < -0.39 is 0 Å². The fourth-order valence-corrected chi connectivity index (χ4v) is 2.37. The van der Waals surface area contributed by atoms with Gasteiger partial charge in [0.25, 0.3) is 0 Å². The summed E-state index contributed by atoms with van der Waals surface area (Å²) in [6.07, 6.45) is 0. The number of nitrogens with zero attached hydrogens (tertiary/aromatic N) is 1. The van der Waals surface area contributed by atoms with E-state index in [1.54, 1.807) is 6.07 Å². The van der Waals surface area contributed by atoms with Crippen LogP contribution in [0.3, 0.4) is 0 Å². The third-order valence-corrected chi connectivity index (χ3v) is 3.24. The molecule has 0 spiro atoms. The number of nitrogens with one attached hydrogen (secondary N) is 1. The average molecular weight is 280 g/mol. The lowest BCUT2D eigenvalue weighted by molar-refractivity contribution is 0.103. The van der Waals surface area contributed by atoms with Crippen molar-refractivity contribution < 1.29 is 4.79 Å². The van der Waals surface area contributed by atoms with Gasteiger partial charge >= 0.3 is 0 Å². The van der Waals surface area contributed by atoms with Crippen LogP contribution in [0.2, 0.25) is 0 Å². The average Bonchev–Trinajstić information content (AvgIpc) is 2.84. The zero-order chi connectivity index (χ0) is 15.4. The van der Waals surface area contributed by atoms with E-state index >= 15 is 0 Å². The lowest BCUT2D eigenvalue weighted by atomic mass is 10.0. The van der Waals surface area contributed by atoms with Crippen molar-refractivity contribution in [3.63, 3.8) is 0 Å². The van der Waals surface area contributed by atoms with Gasteiger partial charge in [-0.1, -0.05) is 38.1 Å². The number of benzene rings is 1. The number of ketones is 1. The van der Waals surface area contributed by atoms with E-state index in [9.17, 15) is 4.79 Å². The maximum absolute atomic E-state index is 12.6. The van der Waals surface area contributed by atoms with Crippen molar-refractivity contribution in [1.29, 1.82) is 0 Å². The number of pyridine rings is 1. The summed E-state index contributed by atoms with van der Waals surface area (Å²) in [6, 6.07) is 13.3. The molecule has 21 heavy (non-hydrogen) atoms. The summed E-state index contributed by atoms with van der Waals surface area (Å²) in [7, 11) is 0. The van der Waals surface area contributed by atoms with E-state index in [0.29, 0.717) is 11.3 Å². The predicted molar refractivity (Wildman–Crippen MR) is 86.8 cm³/mol. The van der Waals surface area contributed by atoms with E-state index in [4.69, 9.17) is 0 Å². The topological polar surface area (TPSA) is 45.8 Å². The van der Waals surface area contributed by atoms with Gasteiger partial charge in [-0.3, -0.25) is 4.79 Å². The molecule has 3 heteroatoms. The van der Waals surface area contributed by atoms with E-state index in [0.717, 1.165) is 22.3 Å². The number of para-hydroxylation sites is 1. The fraction of sp³-hybridized carbons (Fsp3) is 0.222. The number of fused-ring (bicyclic) bond motifs is 1. The molecule has 1 aromatic carbocycles. The van der Waals surface area contributed by atoms with Crippen LogP contribution < -0.4 is 0 Å². The van der Waals surface area contributed by atoms with Gasteiger partial charge in [-0.25, -0.2) is 4.98 Å². The molecule has 0 bridgehead atoms. The number of aromatic nitrogens is 2. The summed E-state index contributed by atoms with van der Waals surface area (Å²) in [5, 5.41) is 0.952. The van der Waals surface area contributed by atoms with E-state index in [1.165, 1.54) is 0 Å². The highest BCUT2D eigenvalue weighted by Crippen LogP contribution is 2.24. The minimum absolute atomic E-state index is 0.0290. The fourth-order valence-electron chi connectivity index (χ4n) is 2.37. The quantitative estimate of drug-likeness (QED) is 0.705. The van der Waals surface area contributed by atoms with E-state index in [-0.39, 0.29) is 5.78 Å². The zero-order valence-electron chi connectivity index (χ0n) is 12.9. The van der Waals surface area contributed by atoms with Crippen LogP contribution >= 0.6 is 0 Å². The molecule has 0 atom stereocenters. The maximum Gasteiger partial charge on any atom is 0.213 e. The normalized spacial score (nSPS) is 10.1. The Kier molecular flexibility index (Phi) is 4.53. The molecule has 0 radical (unpaired) electrons. The van der Waals surface area contributed by atoms with Crippen molar-refractivity contribution in [1.82, 2.24) is 9.97 Å².